The zero-order chi connectivity index (χ0) is 11.1. The Hall–Kier alpha value is -0.0800. The molecule has 0 bridgehead atoms. The topological polar surface area (TPSA) is 38.0 Å². The smallest absolute Gasteiger partial charge is 0.00225 e. The highest BCUT2D eigenvalue weighted by Gasteiger charge is 2.16. The van der Waals surface area contributed by atoms with E-state index in [1.165, 1.54) is 0 Å². The molecule has 0 aliphatic heterocycles. The Morgan fingerprint density at radius 2 is 1.50 bits per heavy atom. The lowest BCUT2D eigenvalue weighted by Gasteiger charge is -2.25. The lowest BCUT2D eigenvalue weighted by Crippen LogP contribution is -2.32. The van der Waals surface area contributed by atoms with Gasteiger partial charge in [-0.1, -0.05) is 27.7 Å². The van der Waals surface area contributed by atoms with Gasteiger partial charge in [-0.2, -0.15) is 0 Å². The van der Waals surface area contributed by atoms with E-state index in [0.29, 0.717) is 6.04 Å². The van der Waals surface area contributed by atoms with E-state index in [1.807, 2.05) is 0 Å². The van der Waals surface area contributed by atoms with E-state index in [0.717, 1.165) is 37.3 Å². The van der Waals surface area contributed by atoms with Gasteiger partial charge in [0.15, 0.2) is 0 Å². The summed E-state index contributed by atoms with van der Waals surface area (Å²) in [4.78, 5) is 0. The Morgan fingerprint density at radius 3 is 1.86 bits per heavy atom. The second kappa shape index (κ2) is 7.24. The highest BCUT2D eigenvalue weighted by molar-refractivity contribution is 4.69. The highest BCUT2D eigenvalue weighted by atomic mass is 14.9. The molecule has 0 aliphatic rings. The van der Waals surface area contributed by atoms with Gasteiger partial charge in [-0.25, -0.2) is 0 Å². The van der Waals surface area contributed by atoms with Crippen molar-refractivity contribution >= 4 is 0 Å². The van der Waals surface area contributed by atoms with Crippen LogP contribution < -0.4 is 11.1 Å². The molecule has 1 unspecified atom stereocenters. The van der Waals surface area contributed by atoms with Gasteiger partial charge in [-0.05, 0) is 44.2 Å². The molecular formula is C12H28N2. The molecule has 0 saturated heterocycles. The third kappa shape index (κ3) is 6.39. The SMILES string of the molecule is CC(N)CCNCC(C(C)C)C(C)C. The summed E-state index contributed by atoms with van der Waals surface area (Å²) in [7, 11) is 0. The van der Waals surface area contributed by atoms with Crippen molar-refractivity contribution in [2.75, 3.05) is 13.1 Å². The van der Waals surface area contributed by atoms with Crippen LogP contribution in [0.25, 0.3) is 0 Å². The Balaban J connectivity index is 3.62. The maximum atomic E-state index is 5.69. The van der Waals surface area contributed by atoms with Crippen LogP contribution in [0.2, 0.25) is 0 Å². The molecular weight excluding hydrogens is 172 g/mol. The van der Waals surface area contributed by atoms with E-state index in [9.17, 15) is 0 Å². The van der Waals surface area contributed by atoms with E-state index in [4.69, 9.17) is 5.73 Å². The minimum absolute atomic E-state index is 0.319. The molecule has 0 rings (SSSR count). The summed E-state index contributed by atoms with van der Waals surface area (Å²) in [6, 6.07) is 0.319. The molecule has 0 aromatic carbocycles. The number of hydrogen-bond acceptors (Lipinski definition) is 2. The van der Waals surface area contributed by atoms with Crippen molar-refractivity contribution in [2.45, 2.75) is 47.1 Å². The maximum absolute atomic E-state index is 5.69. The first-order valence-corrected chi connectivity index (χ1v) is 5.91. The Kier molecular flexibility index (Phi) is 7.20. The standard InChI is InChI=1S/C12H28N2/c1-9(2)12(10(3)4)8-14-7-6-11(5)13/h9-12,14H,6-8,13H2,1-5H3. The third-order valence-corrected chi connectivity index (χ3v) is 2.87. The van der Waals surface area contributed by atoms with E-state index < -0.39 is 0 Å². The van der Waals surface area contributed by atoms with Crippen molar-refractivity contribution in [1.82, 2.24) is 5.32 Å². The predicted molar refractivity (Wildman–Crippen MR) is 64.3 cm³/mol. The molecule has 0 aromatic heterocycles. The first-order chi connectivity index (χ1) is 6.45. The average Bonchev–Trinajstić information content (AvgIpc) is 2.01. The molecule has 0 aromatic rings. The second-order valence-electron chi connectivity index (χ2n) is 5.12. The van der Waals surface area contributed by atoms with Gasteiger partial charge in [-0.15, -0.1) is 0 Å². The van der Waals surface area contributed by atoms with Gasteiger partial charge in [0.2, 0.25) is 0 Å². The van der Waals surface area contributed by atoms with Crippen LogP contribution in [0.4, 0.5) is 0 Å². The summed E-state index contributed by atoms with van der Waals surface area (Å²) in [6.07, 6.45) is 1.07. The molecule has 0 aliphatic carbocycles. The molecule has 86 valence electrons. The van der Waals surface area contributed by atoms with Crippen LogP contribution in [-0.4, -0.2) is 19.1 Å². The van der Waals surface area contributed by atoms with Crippen molar-refractivity contribution in [3.05, 3.63) is 0 Å². The first-order valence-electron chi connectivity index (χ1n) is 5.91. The second-order valence-corrected chi connectivity index (χ2v) is 5.12. The van der Waals surface area contributed by atoms with Gasteiger partial charge in [0, 0.05) is 6.04 Å². The zero-order valence-corrected chi connectivity index (χ0v) is 10.5. The summed E-state index contributed by atoms with van der Waals surface area (Å²) in [6.45, 7) is 13.4. The van der Waals surface area contributed by atoms with E-state index in [1.54, 1.807) is 0 Å². The van der Waals surface area contributed by atoms with Gasteiger partial charge in [0.25, 0.3) is 0 Å². The van der Waals surface area contributed by atoms with Crippen molar-refractivity contribution in [3.63, 3.8) is 0 Å². The minimum atomic E-state index is 0.319. The Morgan fingerprint density at radius 1 is 1.00 bits per heavy atom. The monoisotopic (exact) mass is 200 g/mol. The van der Waals surface area contributed by atoms with E-state index in [-0.39, 0.29) is 0 Å². The molecule has 0 spiro atoms. The minimum Gasteiger partial charge on any atom is -0.328 e. The summed E-state index contributed by atoms with van der Waals surface area (Å²) in [5.41, 5.74) is 5.69. The third-order valence-electron chi connectivity index (χ3n) is 2.87. The summed E-state index contributed by atoms with van der Waals surface area (Å²) >= 11 is 0. The molecule has 14 heavy (non-hydrogen) atoms. The number of nitrogens with one attached hydrogen (secondary N) is 1. The summed E-state index contributed by atoms with van der Waals surface area (Å²) in [5.74, 6) is 2.30. The lowest BCUT2D eigenvalue weighted by atomic mass is 9.85. The van der Waals surface area contributed by atoms with Gasteiger partial charge in [0.1, 0.15) is 0 Å². The molecule has 0 saturated carbocycles. The molecule has 0 fully saturated rings. The van der Waals surface area contributed by atoms with Gasteiger partial charge < -0.3 is 11.1 Å². The summed E-state index contributed by atoms with van der Waals surface area (Å²) in [5, 5.41) is 3.50. The van der Waals surface area contributed by atoms with Crippen LogP contribution in [-0.2, 0) is 0 Å². The quantitative estimate of drug-likeness (QED) is 0.619. The van der Waals surface area contributed by atoms with Crippen molar-refractivity contribution in [1.29, 1.82) is 0 Å². The number of rotatable bonds is 7. The lowest BCUT2D eigenvalue weighted by molar-refractivity contribution is 0.275. The van der Waals surface area contributed by atoms with Crippen LogP contribution >= 0.6 is 0 Å². The Bertz CT molecular complexity index is 122. The normalized spacial score (nSPS) is 14.4. The fraction of sp³-hybridized carbons (Fsp3) is 1.00. The first kappa shape index (κ1) is 13.9. The van der Waals surface area contributed by atoms with Crippen molar-refractivity contribution in [3.8, 4) is 0 Å². The maximum Gasteiger partial charge on any atom is 0.00225 e. The van der Waals surface area contributed by atoms with Crippen LogP contribution in [0.15, 0.2) is 0 Å². The van der Waals surface area contributed by atoms with Gasteiger partial charge >= 0.3 is 0 Å². The van der Waals surface area contributed by atoms with Crippen LogP contribution in [0.3, 0.4) is 0 Å². The van der Waals surface area contributed by atoms with Crippen LogP contribution in [0.5, 0.6) is 0 Å². The molecule has 2 heteroatoms. The number of nitrogens with two attached hydrogens (primary N) is 1. The number of hydrogen-bond donors (Lipinski definition) is 2. The summed E-state index contributed by atoms with van der Waals surface area (Å²) < 4.78 is 0. The predicted octanol–water partition coefficient (Wildman–Crippen LogP) is 2.24. The van der Waals surface area contributed by atoms with Gasteiger partial charge in [-0.3, -0.25) is 0 Å². The molecule has 2 nitrogen and oxygen atoms in total. The van der Waals surface area contributed by atoms with E-state index >= 15 is 0 Å². The molecule has 3 N–H and O–H groups in total. The van der Waals surface area contributed by atoms with Crippen LogP contribution in [0.1, 0.15) is 41.0 Å². The largest absolute Gasteiger partial charge is 0.328 e. The Labute approximate surface area is 89.6 Å². The average molecular weight is 200 g/mol. The van der Waals surface area contributed by atoms with E-state index in [2.05, 4.69) is 39.9 Å². The molecule has 0 heterocycles. The fourth-order valence-electron chi connectivity index (χ4n) is 1.84. The fourth-order valence-corrected chi connectivity index (χ4v) is 1.84. The van der Waals surface area contributed by atoms with Crippen LogP contribution in [0, 0.1) is 17.8 Å². The molecule has 0 radical (unpaired) electrons. The van der Waals surface area contributed by atoms with Crippen molar-refractivity contribution < 1.29 is 0 Å². The van der Waals surface area contributed by atoms with Gasteiger partial charge in [0.05, 0.1) is 0 Å². The molecule has 1 atom stereocenters. The highest BCUT2D eigenvalue weighted by Crippen LogP contribution is 2.19. The zero-order valence-electron chi connectivity index (χ0n) is 10.5. The molecule has 0 amide bonds. The van der Waals surface area contributed by atoms with Crippen molar-refractivity contribution in [2.24, 2.45) is 23.5 Å².